The molecule has 1 unspecified atom stereocenters. The average molecular weight is 352 g/mol. The summed E-state index contributed by atoms with van der Waals surface area (Å²) in [7, 11) is 0. The summed E-state index contributed by atoms with van der Waals surface area (Å²) in [6, 6.07) is 4.39. The zero-order valence-corrected chi connectivity index (χ0v) is 12.9. The Morgan fingerprint density at radius 2 is 1.93 bits per heavy atom. The van der Waals surface area contributed by atoms with Gasteiger partial charge in [0.05, 0.1) is 8.61 Å². The van der Waals surface area contributed by atoms with Crippen molar-refractivity contribution in [1.82, 2.24) is 0 Å². The minimum atomic E-state index is 0.571. The second kappa shape index (κ2) is 5.33. The molecule has 1 atom stereocenters. The van der Waals surface area contributed by atoms with E-state index in [1.807, 2.05) is 11.3 Å². The maximum absolute atomic E-state index is 3.87. The molecule has 1 heterocycles. The Balaban J connectivity index is 1.99. The van der Waals surface area contributed by atoms with Crippen molar-refractivity contribution in [3.63, 3.8) is 0 Å². The SMILES string of the molecule is CC1CCC(C(Br)c2ccc(Br)s2)CC1. The van der Waals surface area contributed by atoms with E-state index in [9.17, 15) is 0 Å². The van der Waals surface area contributed by atoms with E-state index in [1.54, 1.807) is 0 Å². The summed E-state index contributed by atoms with van der Waals surface area (Å²) in [5.74, 6) is 1.78. The van der Waals surface area contributed by atoms with Gasteiger partial charge in [-0.05, 0) is 52.7 Å². The summed E-state index contributed by atoms with van der Waals surface area (Å²) < 4.78 is 1.24. The van der Waals surface area contributed by atoms with Gasteiger partial charge in [-0.1, -0.05) is 35.7 Å². The molecule has 84 valence electrons. The molecule has 15 heavy (non-hydrogen) atoms. The van der Waals surface area contributed by atoms with Gasteiger partial charge >= 0.3 is 0 Å². The van der Waals surface area contributed by atoms with Gasteiger partial charge in [0, 0.05) is 4.88 Å². The third-order valence-corrected chi connectivity index (χ3v) is 6.59. The van der Waals surface area contributed by atoms with Crippen LogP contribution in [0.5, 0.6) is 0 Å². The van der Waals surface area contributed by atoms with Crippen LogP contribution in [0.25, 0.3) is 0 Å². The van der Waals surface area contributed by atoms with Crippen LogP contribution in [0.15, 0.2) is 15.9 Å². The second-order valence-electron chi connectivity index (χ2n) is 4.56. The van der Waals surface area contributed by atoms with Crippen molar-refractivity contribution in [2.75, 3.05) is 0 Å². The van der Waals surface area contributed by atoms with Crippen molar-refractivity contribution in [1.29, 1.82) is 0 Å². The van der Waals surface area contributed by atoms with Gasteiger partial charge in [0.25, 0.3) is 0 Å². The quantitative estimate of drug-likeness (QED) is 0.593. The second-order valence-corrected chi connectivity index (χ2v) is 8.04. The molecule has 1 fully saturated rings. The first-order chi connectivity index (χ1) is 7.16. The molecule has 3 heteroatoms. The highest BCUT2D eigenvalue weighted by Crippen LogP contribution is 2.44. The van der Waals surface area contributed by atoms with Crippen LogP contribution in [0.1, 0.15) is 42.3 Å². The van der Waals surface area contributed by atoms with E-state index in [4.69, 9.17) is 0 Å². The highest BCUT2D eigenvalue weighted by Gasteiger charge is 2.26. The maximum Gasteiger partial charge on any atom is 0.0701 e. The predicted molar refractivity (Wildman–Crippen MR) is 74.8 cm³/mol. The van der Waals surface area contributed by atoms with Crippen LogP contribution < -0.4 is 0 Å². The fraction of sp³-hybridized carbons (Fsp3) is 0.667. The molecule has 0 aromatic carbocycles. The van der Waals surface area contributed by atoms with Crippen molar-refractivity contribution in [2.24, 2.45) is 11.8 Å². The van der Waals surface area contributed by atoms with Gasteiger partial charge in [-0.15, -0.1) is 11.3 Å². The molecule has 2 rings (SSSR count). The first kappa shape index (κ1) is 12.1. The molecule has 0 radical (unpaired) electrons. The molecular formula is C12H16Br2S. The smallest absolute Gasteiger partial charge is 0.0701 e. The van der Waals surface area contributed by atoms with Gasteiger partial charge in [0.2, 0.25) is 0 Å². The standard InChI is InChI=1S/C12H16Br2S/c1-8-2-4-9(5-3-8)12(14)10-6-7-11(13)15-10/h6-9,12H,2-5H2,1H3. The Kier molecular flexibility index (Phi) is 4.31. The Morgan fingerprint density at radius 1 is 1.27 bits per heavy atom. The molecule has 0 aliphatic heterocycles. The number of rotatable bonds is 2. The van der Waals surface area contributed by atoms with E-state index >= 15 is 0 Å². The van der Waals surface area contributed by atoms with Gasteiger partial charge in [-0.3, -0.25) is 0 Å². The van der Waals surface area contributed by atoms with Gasteiger partial charge in [0.1, 0.15) is 0 Å². The Labute approximate surface area is 113 Å². The third kappa shape index (κ3) is 3.07. The van der Waals surface area contributed by atoms with Gasteiger partial charge in [-0.25, -0.2) is 0 Å². The van der Waals surface area contributed by atoms with Crippen LogP contribution in [0.3, 0.4) is 0 Å². The van der Waals surface area contributed by atoms with Crippen molar-refractivity contribution < 1.29 is 0 Å². The zero-order valence-electron chi connectivity index (χ0n) is 8.88. The van der Waals surface area contributed by atoms with E-state index in [1.165, 1.54) is 34.3 Å². The summed E-state index contributed by atoms with van der Waals surface area (Å²) in [5.41, 5.74) is 0. The van der Waals surface area contributed by atoms with E-state index in [2.05, 4.69) is 50.9 Å². The van der Waals surface area contributed by atoms with Crippen molar-refractivity contribution in [2.45, 2.75) is 37.4 Å². The lowest BCUT2D eigenvalue weighted by Crippen LogP contribution is -2.15. The highest BCUT2D eigenvalue weighted by molar-refractivity contribution is 9.11. The largest absolute Gasteiger partial charge is 0.132 e. The van der Waals surface area contributed by atoms with E-state index < -0.39 is 0 Å². The molecule has 1 saturated carbocycles. The Bertz CT molecular complexity index is 313. The molecular weight excluding hydrogens is 336 g/mol. The number of alkyl halides is 1. The Hall–Kier alpha value is 0.660. The van der Waals surface area contributed by atoms with Crippen LogP contribution in [0.4, 0.5) is 0 Å². The molecule has 0 spiro atoms. The molecule has 1 aromatic rings. The summed E-state index contributed by atoms with van der Waals surface area (Å²) >= 11 is 9.26. The lowest BCUT2D eigenvalue weighted by Gasteiger charge is -2.29. The molecule has 1 aliphatic rings. The summed E-state index contributed by atoms with van der Waals surface area (Å²) in [5, 5.41) is 0. The molecule has 1 aromatic heterocycles. The maximum atomic E-state index is 3.87. The summed E-state index contributed by atoms with van der Waals surface area (Å²) in [4.78, 5) is 2.04. The molecule has 1 aliphatic carbocycles. The highest BCUT2D eigenvalue weighted by atomic mass is 79.9. The van der Waals surface area contributed by atoms with E-state index in [0.29, 0.717) is 4.83 Å². The van der Waals surface area contributed by atoms with Crippen LogP contribution in [-0.4, -0.2) is 0 Å². The van der Waals surface area contributed by atoms with Crippen molar-refractivity contribution in [3.8, 4) is 0 Å². The van der Waals surface area contributed by atoms with Crippen LogP contribution in [-0.2, 0) is 0 Å². The number of halogens is 2. The first-order valence-electron chi connectivity index (χ1n) is 5.56. The van der Waals surface area contributed by atoms with Crippen molar-refractivity contribution in [3.05, 3.63) is 20.8 Å². The minimum Gasteiger partial charge on any atom is -0.132 e. The third-order valence-electron chi connectivity index (χ3n) is 3.34. The van der Waals surface area contributed by atoms with Gasteiger partial charge < -0.3 is 0 Å². The summed E-state index contributed by atoms with van der Waals surface area (Å²) in [6.45, 7) is 2.38. The molecule has 0 nitrogen and oxygen atoms in total. The topological polar surface area (TPSA) is 0 Å². The monoisotopic (exact) mass is 350 g/mol. The zero-order chi connectivity index (χ0) is 10.8. The number of hydrogen-bond acceptors (Lipinski definition) is 1. The van der Waals surface area contributed by atoms with Crippen molar-refractivity contribution >= 4 is 43.2 Å². The average Bonchev–Trinajstić information content (AvgIpc) is 2.65. The van der Waals surface area contributed by atoms with E-state index in [0.717, 1.165) is 11.8 Å². The Morgan fingerprint density at radius 3 is 2.47 bits per heavy atom. The lowest BCUT2D eigenvalue weighted by molar-refractivity contribution is 0.288. The molecule has 0 saturated heterocycles. The van der Waals surface area contributed by atoms with Crippen LogP contribution in [0, 0.1) is 11.8 Å². The fourth-order valence-corrected chi connectivity index (χ4v) is 4.74. The van der Waals surface area contributed by atoms with Gasteiger partial charge in [0.15, 0.2) is 0 Å². The van der Waals surface area contributed by atoms with Gasteiger partial charge in [-0.2, -0.15) is 0 Å². The normalized spacial score (nSPS) is 29.0. The van der Waals surface area contributed by atoms with Crippen LogP contribution >= 0.6 is 43.2 Å². The molecule has 0 bridgehead atoms. The van der Waals surface area contributed by atoms with Crippen LogP contribution in [0.2, 0.25) is 0 Å². The molecule has 0 amide bonds. The fourth-order valence-electron chi connectivity index (χ4n) is 2.29. The minimum absolute atomic E-state index is 0.571. The first-order valence-corrected chi connectivity index (χ1v) is 8.08. The number of thiophene rings is 1. The molecule has 0 N–H and O–H groups in total. The lowest BCUT2D eigenvalue weighted by atomic mass is 9.81. The predicted octanol–water partition coefficient (Wildman–Crippen LogP) is 5.77. The number of hydrogen-bond donors (Lipinski definition) is 0. The summed E-state index contributed by atoms with van der Waals surface area (Å²) in [6.07, 6.45) is 5.57. The van der Waals surface area contributed by atoms with E-state index in [-0.39, 0.29) is 0 Å².